The molecule has 0 spiro atoms. The third kappa shape index (κ3) is 3.75. The molecule has 0 N–H and O–H groups in total. The summed E-state index contributed by atoms with van der Waals surface area (Å²) in [5.41, 5.74) is 0.346. The van der Waals surface area contributed by atoms with Crippen molar-refractivity contribution < 1.29 is 9.72 Å². The average Bonchev–Trinajstić information content (AvgIpc) is 2.95. The van der Waals surface area contributed by atoms with E-state index in [1.165, 1.54) is 12.1 Å². The van der Waals surface area contributed by atoms with Gasteiger partial charge in [-0.2, -0.15) is 11.8 Å². The van der Waals surface area contributed by atoms with Gasteiger partial charge >= 0.3 is 0 Å². The number of thioether (sulfide) groups is 1. The van der Waals surface area contributed by atoms with E-state index in [0.717, 1.165) is 25.0 Å². The number of hydrogen-bond acceptors (Lipinski definition) is 4. The molecule has 0 aliphatic heterocycles. The Morgan fingerprint density at radius 1 is 1.48 bits per heavy atom. The monoisotopic (exact) mass is 308 g/mol. The molecular formula is C15H20N2O3S. The van der Waals surface area contributed by atoms with Crippen LogP contribution in [0, 0.1) is 10.1 Å². The van der Waals surface area contributed by atoms with Gasteiger partial charge in [-0.1, -0.05) is 13.0 Å². The second-order valence-electron chi connectivity index (χ2n) is 5.27. The molecule has 1 aromatic rings. The van der Waals surface area contributed by atoms with Crippen LogP contribution in [-0.2, 0) is 0 Å². The molecule has 21 heavy (non-hydrogen) atoms. The van der Waals surface area contributed by atoms with Crippen molar-refractivity contribution in [3.05, 3.63) is 39.9 Å². The van der Waals surface area contributed by atoms with E-state index in [2.05, 4.69) is 6.92 Å². The molecule has 0 aromatic heterocycles. The van der Waals surface area contributed by atoms with Crippen LogP contribution in [0.4, 0.5) is 5.69 Å². The highest BCUT2D eigenvalue weighted by Gasteiger charge is 2.30. The van der Waals surface area contributed by atoms with Crippen LogP contribution in [-0.4, -0.2) is 39.8 Å². The van der Waals surface area contributed by atoms with Crippen molar-refractivity contribution in [3.63, 3.8) is 0 Å². The Bertz CT molecular complexity index is 535. The van der Waals surface area contributed by atoms with Crippen molar-refractivity contribution in [2.75, 3.05) is 12.8 Å². The number of non-ortho nitro benzene ring substituents is 1. The molecule has 1 fully saturated rings. The van der Waals surface area contributed by atoms with Crippen LogP contribution in [0.3, 0.4) is 0 Å². The Kier molecular flexibility index (Phi) is 5.22. The molecule has 1 aliphatic rings. The van der Waals surface area contributed by atoms with E-state index in [0.29, 0.717) is 10.8 Å². The van der Waals surface area contributed by atoms with Crippen LogP contribution in [0.25, 0.3) is 0 Å². The van der Waals surface area contributed by atoms with Crippen molar-refractivity contribution >= 4 is 23.4 Å². The van der Waals surface area contributed by atoms with E-state index >= 15 is 0 Å². The molecule has 1 aliphatic carbocycles. The molecule has 2 atom stereocenters. The minimum atomic E-state index is -0.472. The summed E-state index contributed by atoms with van der Waals surface area (Å²) < 4.78 is 0. The summed E-state index contributed by atoms with van der Waals surface area (Å²) in [6.07, 6.45) is 3.15. The molecule has 2 rings (SSSR count). The maximum Gasteiger partial charge on any atom is 0.270 e. The van der Waals surface area contributed by atoms with Gasteiger partial charge in [-0.05, 0) is 31.1 Å². The Hall–Kier alpha value is -1.56. The molecule has 0 bridgehead atoms. The zero-order chi connectivity index (χ0) is 15.4. The predicted molar refractivity (Wildman–Crippen MR) is 84.7 cm³/mol. The van der Waals surface area contributed by atoms with Crippen LogP contribution in [0.1, 0.15) is 36.5 Å². The van der Waals surface area contributed by atoms with Crippen molar-refractivity contribution in [2.24, 2.45) is 0 Å². The van der Waals surface area contributed by atoms with Crippen LogP contribution in [0.15, 0.2) is 24.3 Å². The second kappa shape index (κ2) is 6.93. The quantitative estimate of drug-likeness (QED) is 0.618. The molecule has 6 heteroatoms. The van der Waals surface area contributed by atoms with Crippen molar-refractivity contribution in [1.82, 2.24) is 4.90 Å². The number of nitro groups is 1. The van der Waals surface area contributed by atoms with Gasteiger partial charge < -0.3 is 4.90 Å². The summed E-state index contributed by atoms with van der Waals surface area (Å²) in [6.45, 7) is 2.15. The van der Waals surface area contributed by atoms with Crippen LogP contribution >= 0.6 is 11.8 Å². The van der Waals surface area contributed by atoms with Crippen LogP contribution in [0.2, 0.25) is 0 Å². The van der Waals surface area contributed by atoms with E-state index in [9.17, 15) is 14.9 Å². The first-order valence-corrected chi connectivity index (χ1v) is 8.21. The molecule has 0 saturated heterocycles. The van der Waals surface area contributed by atoms with Gasteiger partial charge in [0.2, 0.25) is 0 Å². The first-order chi connectivity index (χ1) is 10.0. The molecule has 1 saturated carbocycles. The summed E-state index contributed by atoms with van der Waals surface area (Å²) in [5, 5.41) is 11.4. The van der Waals surface area contributed by atoms with E-state index in [1.807, 2.05) is 11.8 Å². The standard InChI is InChI=1S/C15H20N2O3S/c1-3-21-14-8-7-12(10-14)16(2)15(18)11-5-4-6-13(9-11)17(19)20/h4-6,9,12,14H,3,7-8,10H2,1-2H3. The lowest BCUT2D eigenvalue weighted by atomic mass is 10.1. The lowest BCUT2D eigenvalue weighted by molar-refractivity contribution is -0.384. The fraction of sp³-hybridized carbons (Fsp3) is 0.533. The van der Waals surface area contributed by atoms with Gasteiger partial charge in [0.05, 0.1) is 4.92 Å². The summed E-state index contributed by atoms with van der Waals surface area (Å²) in [7, 11) is 1.80. The van der Waals surface area contributed by atoms with Crippen LogP contribution < -0.4 is 0 Å². The average molecular weight is 308 g/mol. The van der Waals surface area contributed by atoms with Gasteiger partial charge in [0.25, 0.3) is 11.6 Å². The lowest BCUT2D eigenvalue weighted by Gasteiger charge is -2.24. The Morgan fingerprint density at radius 3 is 2.90 bits per heavy atom. The lowest BCUT2D eigenvalue weighted by Crippen LogP contribution is -2.35. The molecular weight excluding hydrogens is 288 g/mol. The van der Waals surface area contributed by atoms with Gasteiger partial charge in [0.15, 0.2) is 0 Å². The van der Waals surface area contributed by atoms with E-state index in [4.69, 9.17) is 0 Å². The van der Waals surface area contributed by atoms with Gasteiger partial charge in [0, 0.05) is 36.0 Å². The van der Waals surface area contributed by atoms with Gasteiger partial charge in [-0.15, -0.1) is 0 Å². The van der Waals surface area contributed by atoms with Gasteiger partial charge in [0.1, 0.15) is 0 Å². The number of nitro benzene ring substituents is 1. The zero-order valence-electron chi connectivity index (χ0n) is 12.3. The van der Waals surface area contributed by atoms with Gasteiger partial charge in [-0.25, -0.2) is 0 Å². The highest BCUT2D eigenvalue weighted by Crippen LogP contribution is 2.32. The number of nitrogens with zero attached hydrogens (tertiary/aromatic N) is 2. The number of carbonyl (C=O) groups excluding carboxylic acids is 1. The number of rotatable bonds is 5. The highest BCUT2D eigenvalue weighted by atomic mass is 32.2. The van der Waals surface area contributed by atoms with Crippen molar-refractivity contribution in [1.29, 1.82) is 0 Å². The maximum absolute atomic E-state index is 12.5. The number of benzene rings is 1. The minimum Gasteiger partial charge on any atom is -0.339 e. The second-order valence-corrected chi connectivity index (χ2v) is 6.85. The molecule has 114 valence electrons. The highest BCUT2D eigenvalue weighted by molar-refractivity contribution is 7.99. The third-order valence-corrected chi connectivity index (χ3v) is 5.16. The van der Waals surface area contributed by atoms with E-state index < -0.39 is 4.92 Å². The summed E-state index contributed by atoms with van der Waals surface area (Å²) in [5.74, 6) is 0.964. The Morgan fingerprint density at radius 2 is 2.24 bits per heavy atom. The fourth-order valence-corrected chi connectivity index (χ4v) is 3.91. The topological polar surface area (TPSA) is 63.5 Å². The van der Waals surface area contributed by atoms with E-state index in [-0.39, 0.29) is 17.6 Å². The Balaban J connectivity index is 2.06. The normalized spacial score (nSPS) is 21.2. The summed E-state index contributed by atoms with van der Waals surface area (Å²) in [4.78, 5) is 24.5. The molecule has 0 heterocycles. The number of carbonyl (C=O) groups is 1. The zero-order valence-corrected chi connectivity index (χ0v) is 13.1. The predicted octanol–water partition coefficient (Wildman–Crippen LogP) is 3.34. The molecule has 2 unspecified atom stereocenters. The van der Waals surface area contributed by atoms with Crippen molar-refractivity contribution in [3.8, 4) is 0 Å². The molecule has 5 nitrogen and oxygen atoms in total. The minimum absolute atomic E-state index is 0.0416. The van der Waals surface area contributed by atoms with Gasteiger partial charge in [-0.3, -0.25) is 14.9 Å². The SMILES string of the molecule is CCSC1CCC(N(C)C(=O)c2cccc([N+](=O)[O-])c2)C1. The maximum atomic E-state index is 12.5. The smallest absolute Gasteiger partial charge is 0.270 e. The largest absolute Gasteiger partial charge is 0.339 e. The summed E-state index contributed by atoms with van der Waals surface area (Å²) >= 11 is 1.95. The third-order valence-electron chi connectivity index (χ3n) is 3.93. The summed E-state index contributed by atoms with van der Waals surface area (Å²) in [6, 6.07) is 6.19. The van der Waals surface area contributed by atoms with E-state index in [1.54, 1.807) is 24.1 Å². The van der Waals surface area contributed by atoms with Crippen molar-refractivity contribution in [2.45, 2.75) is 37.5 Å². The molecule has 1 amide bonds. The number of amides is 1. The molecule has 0 radical (unpaired) electrons. The fourth-order valence-electron chi connectivity index (χ4n) is 2.78. The first-order valence-electron chi connectivity index (χ1n) is 7.16. The first kappa shape index (κ1) is 15.8. The molecule has 1 aromatic carbocycles. The number of hydrogen-bond donors (Lipinski definition) is 0. The Labute approximate surface area is 128 Å². The van der Waals surface area contributed by atoms with Crippen LogP contribution in [0.5, 0.6) is 0 Å².